The van der Waals surface area contributed by atoms with E-state index in [0.717, 1.165) is 10.4 Å². The van der Waals surface area contributed by atoms with E-state index in [2.05, 4.69) is 10.2 Å². The van der Waals surface area contributed by atoms with E-state index in [1.807, 2.05) is 17.5 Å². The van der Waals surface area contributed by atoms with Gasteiger partial charge in [0.1, 0.15) is 11.5 Å². The summed E-state index contributed by atoms with van der Waals surface area (Å²) in [5.74, 6) is 1.36. The molecule has 0 aliphatic heterocycles. The molecule has 3 rings (SSSR count). The van der Waals surface area contributed by atoms with E-state index in [4.69, 9.17) is 18.6 Å². The molecule has 0 unspecified atom stereocenters. The van der Waals surface area contributed by atoms with Gasteiger partial charge in [-0.05, 0) is 36.6 Å². The number of carbonyl (C=O) groups excluding carboxylic acids is 1. The van der Waals surface area contributed by atoms with Gasteiger partial charge in [-0.25, -0.2) is 4.79 Å². The second kappa shape index (κ2) is 8.50. The zero-order chi connectivity index (χ0) is 19.2. The van der Waals surface area contributed by atoms with Crippen molar-refractivity contribution < 1.29 is 23.4 Å². The fourth-order valence-electron chi connectivity index (χ4n) is 2.28. The number of thiophene rings is 1. The average molecular weight is 386 g/mol. The van der Waals surface area contributed by atoms with Gasteiger partial charge in [0, 0.05) is 17.7 Å². The molecule has 7 nitrogen and oxygen atoms in total. The number of aromatic nitrogens is 2. The summed E-state index contributed by atoms with van der Waals surface area (Å²) in [7, 11) is 3.12. The van der Waals surface area contributed by atoms with Crippen molar-refractivity contribution in [3.8, 4) is 22.3 Å². The maximum absolute atomic E-state index is 12.1. The minimum Gasteiger partial charge on any atom is -0.497 e. The molecule has 1 atom stereocenters. The van der Waals surface area contributed by atoms with Gasteiger partial charge in [0.05, 0.1) is 19.1 Å². The Morgan fingerprint density at radius 1 is 1.22 bits per heavy atom. The Labute approximate surface area is 160 Å². The molecule has 3 aromatic rings. The van der Waals surface area contributed by atoms with Crippen LogP contribution in [0.15, 0.2) is 46.2 Å². The Bertz CT molecular complexity index is 933. The third-order valence-corrected chi connectivity index (χ3v) is 4.51. The van der Waals surface area contributed by atoms with Crippen LogP contribution >= 0.6 is 11.3 Å². The second-order valence-corrected chi connectivity index (χ2v) is 6.39. The van der Waals surface area contributed by atoms with Gasteiger partial charge >= 0.3 is 5.97 Å². The Kier molecular flexibility index (Phi) is 5.87. The molecule has 0 radical (unpaired) electrons. The first-order valence-corrected chi connectivity index (χ1v) is 8.96. The van der Waals surface area contributed by atoms with E-state index in [1.54, 1.807) is 45.4 Å². The molecule has 0 aliphatic carbocycles. The molecule has 1 aromatic carbocycles. The average Bonchev–Trinajstić information content (AvgIpc) is 3.37. The second-order valence-electron chi connectivity index (χ2n) is 5.44. The first-order chi connectivity index (χ1) is 13.1. The summed E-state index contributed by atoms with van der Waals surface area (Å²) in [5.41, 5.74) is 0.723. The van der Waals surface area contributed by atoms with Crippen molar-refractivity contribution in [2.45, 2.75) is 13.0 Å². The largest absolute Gasteiger partial charge is 0.497 e. The summed E-state index contributed by atoms with van der Waals surface area (Å²) < 4.78 is 21.3. The zero-order valence-corrected chi connectivity index (χ0v) is 15.9. The van der Waals surface area contributed by atoms with Crippen LogP contribution in [0.3, 0.4) is 0 Å². The monoisotopic (exact) mass is 386 g/mol. The first kappa shape index (κ1) is 18.7. The Morgan fingerprint density at radius 3 is 2.78 bits per heavy atom. The van der Waals surface area contributed by atoms with Gasteiger partial charge in [0.2, 0.25) is 0 Å². The summed E-state index contributed by atoms with van der Waals surface area (Å²) in [6.45, 7) is 1.67. The zero-order valence-electron chi connectivity index (χ0n) is 15.0. The molecule has 0 spiro atoms. The quantitative estimate of drug-likeness (QED) is 0.446. The number of carbonyl (C=O) groups is 1. The number of hydrogen-bond donors (Lipinski definition) is 0. The lowest BCUT2D eigenvalue weighted by Gasteiger charge is -2.08. The fraction of sp³-hybridized carbons (Fsp3) is 0.211. The van der Waals surface area contributed by atoms with Gasteiger partial charge in [-0.2, -0.15) is 0 Å². The smallest absolute Gasteiger partial charge is 0.331 e. The van der Waals surface area contributed by atoms with Crippen LogP contribution in [0.1, 0.15) is 24.5 Å². The Morgan fingerprint density at radius 2 is 2.07 bits per heavy atom. The number of nitrogens with zero attached hydrogens (tertiary/aromatic N) is 2. The molecular formula is C19H18N2O5S. The highest BCUT2D eigenvalue weighted by molar-refractivity contribution is 7.13. The third kappa shape index (κ3) is 4.53. The normalized spacial score (nSPS) is 12.1. The van der Waals surface area contributed by atoms with Crippen molar-refractivity contribution in [3.63, 3.8) is 0 Å². The number of esters is 1. The van der Waals surface area contributed by atoms with E-state index >= 15 is 0 Å². The molecule has 2 aromatic heterocycles. The van der Waals surface area contributed by atoms with Crippen LogP contribution < -0.4 is 9.47 Å². The van der Waals surface area contributed by atoms with Gasteiger partial charge in [-0.1, -0.05) is 6.07 Å². The molecule has 0 fully saturated rings. The Balaban J connectivity index is 1.64. The SMILES string of the molecule is COc1ccc(/C=C/C(=O)O[C@H](C)c2nnc(-c3cccs3)o2)c(OC)c1. The fourth-order valence-corrected chi connectivity index (χ4v) is 2.92. The predicted octanol–water partition coefficient (Wildman–Crippen LogP) is 4.13. The summed E-state index contributed by atoms with van der Waals surface area (Å²) in [4.78, 5) is 13.0. The van der Waals surface area contributed by atoms with Crippen LogP contribution in [0.5, 0.6) is 11.5 Å². The van der Waals surface area contributed by atoms with Crippen molar-refractivity contribution in [1.29, 1.82) is 0 Å². The van der Waals surface area contributed by atoms with Crippen LogP contribution in [0.4, 0.5) is 0 Å². The number of methoxy groups -OCH3 is 2. The van der Waals surface area contributed by atoms with Crippen LogP contribution in [-0.4, -0.2) is 30.4 Å². The number of ether oxygens (including phenoxy) is 3. The van der Waals surface area contributed by atoms with Crippen LogP contribution in [0, 0.1) is 0 Å². The van der Waals surface area contributed by atoms with Crippen molar-refractivity contribution >= 4 is 23.4 Å². The van der Waals surface area contributed by atoms with Gasteiger partial charge < -0.3 is 18.6 Å². The standard InChI is InChI=1S/C19H18N2O5S/c1-12(18-20-21-19(26-18)16-5-4-10-27-16)25-17(22)9-7-13-6-8-14(23-2)11-15(13)24-3/h4-12H,1-3H3/b9-7+/t12-/m1/s1. The van der Waals surface area contributed by atoms with Gasteiger partial charge in [-0.3, -0.25) is 0 Å². The van der Waals surface area contributed by atoms with E-state index in [-0.39, 0.29) is 5.89 Å². The van der Waals surface area contributed by atoms with Crippen molar-refractivity contribution in [1.82, 2.24) is 10.2 Å². The lowest BCUT2D eigenvalue weighted by molar-refractivity contribution is -0.143. The van der Waals surface area contributed by atoms with Crippen molar-refractivity contribution in [2.75, 3.05) is 14.2 Å². The Hall–Kier alpha value is -3.13. The third-order valence-electron chi connectivity index (χ3n) is 3.65. The van der Waals surface area contributed by atoms with Crippen LogP contribution in [0.25, 0.3) is 16.8 Å². The van der Waals surface area contributed by atoms with Crippen molar-refractivity contribution in [2.24, 2.45) is 0 Å². The first-order valence-electron chi connectivity index (χ1n) is 8.08. The maximum Gasteiger partial charge on any atom is 0.331 e. The molecule has 2 heterocycles. The highest BCUT2D eigenvalue weighted by Crippen LogP contribution is 2.27. The van der Waals surface area contributed by atoms with Gasteiger partial charge in [0.25, 0.3) is 11.8 Å². The van der Waals surface area contributed by atoms with E-state index in [0.29, 0.717) is 17.4 Å². The lowest BCUT2D eigenvalue weighted by atomic mass is 10.1. The molecular weight excluding hydrogens is 368 g/mol. The highest BCUT2D eigenvalue weighted by Gasteiger charge is 2.18. The lowest BCUT2D eigenvalue weighted by Crippen LogP contribution is -2.06. The highest BCUT2D eigenvalue weighted by atomic mass is 32.1. The molecule has 27 heavy (non-hydrogen) atoms. The van der Waals surface area contributed by atoms with E-state index in [9.17, 15) is 4.79 Å². The number of hydrogen-bond acceptors (Lipinski definition) is 8. The molecule has 0 bridgehead atoms. The minimum atomic E-state index is -0.666. The number of benzene rings is 1. The van der Waals surface area contributed by atoms with Gasteiger partial charge in [0.15, 0.2) is 6.10 Å². The minimum absolute atomic E-state index is 0.238. The molecule has 0 saturated carbocycles. The molecule has 0 N–H and O–H groups in total. The molecule has 140 valence electrons. The van der Waals surface area contributed by atoms with Crippen molar-refractivity contribution in [3.05, 3.63) is 53.2 Å². The van der Waals surface area contributed by atoms with E-state index < -0.39 is 12.1 Å². The molecule has 0 amide bonds. The molecule has 0 aliphatic rings. The molecule has 8 heteroatoms. The van der Waals surface area contributed by atoms with Gasteiger partial charge in [-0.15, -0.1) is 21.5 Å². The topological polar surface area (TPSA) is 83.7 Å². The summed E-state index contributed by atoms with van der Waals surface area (Å²) in [6.07, 6.45) is 2.26. The number of rotatable bonds is 7. The molecule has 0 saturated heterocycles. The summed E-state index contributed by atoms with van der Waals surface area (Å²) in [6, 6.07) is 9.07. The summed E-state index contributed by atoms with van der Waals surface area (Å²) in [5, 5.41) is 9.84. The van der Waals surface area contributed by atoms with Crippen LogP contribution in [-0.2, 0) is 9.53 Å². The van der Waals surface area contributed by atoms with Crippen LogP contribution in [0.2, 0.25) is 0 Å². The summed E-state index contributed by atoms with van der Waals surface area (Å²) >= 11 is 1.49. The predicted molar refractivity (Wildman–Crippen MR) is 101 cm³/mol. The maximum atomic E-state index is 12.1. The van der Waals surface area contributed by atoms with E-state index in [1.165, 1.54) is 17.4 Å².